The summed E-state index contributed by atoms with van der Waals surface area (Å²) in [6.45, 7) is 0.649. The summed E-state index contributed by atoms with van der Waals surface area (Å²) in [7, 11) is -0.547. The SMILES string of the molecule is CN(C)C(=O)c1cccc(NS(=O)(=O)c2ccc(N3CCCC3=O)cc2)c1. The van der Waals surface area contributed by atoms with Crippen LogP contribution < -0.4 is 9.62 Å². The van der Waals surface area contributed by atoms with Crippen LogP contribution in [0.2, 0.25) is 0 Å². The third-order valence-corrected chi connectivity index (χ3v) is 5.70. The van der Waals surface area contributed by atoms with Crippen molar-refractivity contribution in [1.82, 2.24) is 4.90 Å². The highest BCUT2D eigenvalue weighted by atomic mass is 32.2. The van der Waals surface area contributed by atoms with Gasteiger partial charge in [-0.1, -0.05) is 6.07 Å². The van der Waals surface area contributed by atoms with Crippen LogP contribution in [0.3, 0.4) is 0 Å². The molecule has 1 aliphatic rings. The first-order chi connectivity index (χ1) is 12.8. The lowest BCUT2D eigenvalue weighted by Crippen LogP contribution is -2.23. The second kappa shape index (κ2) is 7.40. The molecule has 0 atom stereocenters. The average Bonchev–Trinajstić information content (AvgIpc) is 3.07. The van der Waals surface area contributed by atoms with Gasteiger partial charge in [0.05, 0.1) is 4.90 Å². The Labute approximate surface area is 158 Å². The highest BCUT2D eigenvalue weighted by Crippen LogP contribution is 2.24. The van der Waals surface area contributed by atoms with E-state index in [9.17, 15) is 18.0 Å². The number of carbonyl (C=O) groups excluding carboxylic acids is 2. The van der Waals surface area contributed by atoms with Gasteiger partial charge >= 0.3 is 0 Å². The Morgan fingerprint density at radius 2 is 1.81 bits per heavy atom. The van der Waals surface area contributed by atoms with E-state index in [1.54, 1.807) is 49.3 Å². The summed E-state index contributed by atoms with van der Waals surface area (Å²) in [4.78, 5) is 27.0. The number of rotatable bonds is 5. The summed E-state index contributed by atoms with van der Waals surface area (Å²) in [5, 5.41) is 0. The van der Waals surface area contributed by atoms with Crippen LogP contribution in [0.1, 0.15) is 23.2 Å². The predicted octanol–water partition coefficient (Wildman–Crippen LogP) is 2.32. The van der Waals surface area contributed by atoms with E-state index in [1.807, 2.05) is 0 Å². The first-order valence-electron chi connectivity index (χ1n) is 8.53. The van der Waals surface area contributed by atoms with Crippen LogP contribution in [0, 0.1) is 0 Å². The maximum atomic E-state index is 12.6. The van der Waals surface area contributed by atoms with Crippen molar-refractivity contribution < 1.29 is 18.0 Å². The molecule has 8 heteroatoms. The van der Waals surface area contributed by atoms with E-state index in [0.717, 1.165) is 6.42 Å². The third-order valence-electron chi connectivity index (χ3n) is 4.30. The number of sulfonamides is 1. The Hall–Kier alpha value is -2.87. The van der Waals surface area contributed by atoms with Gasteiger partial charge in [-0.25, -0.2) is 8.42 Å². The second-order valence-corrected chi connectivity index (χ2v) is 8.21. The molecule has 2 amide bonds. The largest absolute Gasteiger partial charge is 0.345 e. The number of hydrogen-bond acceptors (Lipinski definition) is 4. The van der Waals surface area contributed by atoms with Gasteiger partial charge in [0.25, 0.3) is 15.9 Å². The molecule has 2 aromatic carbocycles. The Bertz CT molecular complexity index is 969. The Kier molecular flexibility index (Phi) is 5.18. The molecule has 27 heavy (non-hydrogen) atoms. The van der Waals surface area contributed by atoms with Crippen molar-refractivity contribution >= 4 is 33.2 Å². The van der Waals surface area contributed by atoms with Gasteiger partial charge in [0.1, 0.15) is 0 Å². The van der Waals surface area contributed by atoms with Gasteiger partial charge in [0, 0.05) is 44.0 Å². The number of anilines is 2. The predicted molar refractivity (Wildman–Crippen MR) is 103 cm³/mol. The highest BCUT2D eigenvalue weighted by Gasteiger charge is 2.22. The molecule has 0 bridgehead atoms. The molecule has 1 aliphatic heterocycles. The van der Waals surface area contributed by atoms with Crippen molar-refractivity contribution in [2.45, 2.75) is 17.7 Å². The minimum absolute atomic E-state index is 0.0473. The van der Waals surface area contributed by atoms with Crippen molar-refractivity contribution in [3.63, 3.8) is 0 Å². The van der Waals surface area contributed by atoms with E-state index in [1.165, 1.54) is 23.1 Å². The maximum Gasteiger partial charge on any atom is 0.261 e. The van der Waals surface area contributed by atoms with Crippen LogP contribution in [-0.4, -0.2) is 45.8 Å². The molecule has 1 saturated heterocycles. The second-order valence-electron chi connectivity index (χ2n) is 6.53. The molecule has 2 aromatic rings. The van der Waals surface area contributed by atoms with E-state index in [-0.39, 0.29) is 16.7 Å². The summed E-state index contributed by atoms with van der Waals surface area (Å²) in [6, 6.07) is 12.5. The van der Waals surface area contributed by atoms with Crippen molar-refractivity contribution in [3.8, 4) is 0 Å². The van der Waals surface area contributed by atoms with Gasteiger partial charge in [-0.3, -0.25) is 14.3 Å². The van der Waals surface area contributed by atoms with E-state index in [2.05, 4.69) is 4.72 Å². The molecule has 142 valence electrons. The van der Waals surface area contributed by atoms with E-state index in [4.69, 9.17) is 0 Å². The fraction of sp³-hybridized carbons (Fsp3) is 0.263. The summed E-state index contributed by atoms with van der Waals surface area (Å²) in [5.41, 5.74) is 1.39. The topological polar surface area (TPSA) is 86.8 Å². The maximum absolute atomic E-state index is 12.6. The number of amides is 2. The molecule has 0 aliphatic carbocycles. The molecule has 0 radical (unpaired) electrons. The number of benzene rings is 2. The minimum atomic E-state index is -3.81. The summed E-state index contributed by atoms with van der Waals surface area (Å²) in [6.07, 6.45) is 1.33. The average molecular weight is 387 g/mol. The molecule has 0 aromatic heterocycles. The van der Waals surface area contributed by atoms with Crippen LogP contribution >= 0.6 is 0 Å². The zero-order valence-corrected chi connectivity index (χ0v) is 16.0. The molecule has 7 nitrogen and oxygen atoms in total. The quantitative estimate of drug-likeness (QED) is 0.853. The number of nitrogens with zero attached hydrogens (tertiary/aromatic N) is 2. The van der Waals surface area contributed by atoms with Crippen molar-refractivity contribution in [2.75, 3.05) is 30.3 Å². The fourth-order valence-corrected chi connectivity index (χ4v) is 3.96. The Morgan fingerprint density at radius 3 is 2.41 bits per heavy atom. The lowest BCUT2D eigenvalue weighted by atomic mass is 10.2. The molecular weight excluding hydrogens is 366 g/mol. The molecular formula is C19H21N3O4S. The van der Waals surface area contributed by atoms with Crippen molar-refractivity contribution in [2.24, 2.45) is 0 Å². The number of carbonyl (C=O) groups is 2. The van der Waals surface area contributed by atoms with E-state index >= 15 is 0 Å². The van der Waals surface area contributed by atoms with Gasteiger partial charge in [-0.2, -0.15) is 0 Å². The number of nitrogens with one attached hydrogen (secondary N) is 1. The van der Waals surface area contributed by atoms with Crippen molar-refractivity contribution in [1.29, 1.82) is 0 Å². The lowest BCUT2D eigenvalue weighted by molar-refractivity contribution is -0.117. The molecule has 3 rings (SSSR count). The Morgan fingerprint density at radius 1 is 1.11 bits per heavy atom. The van der Waals surface area contributed by atoms with Crippen molar-refractivity contribution in [3.05, 3.63) is 54.1 Å². The lowest BCUT2D eigenvalue weighted by Gasteiger charge is -2.16. The zero-order valence-electron chi connectivity index (χ0n) is 15.2. The molecule has 1 fully saturated rings. The Balaban J connectivity index is 1.80. The van der Waals surface area contributed by atoms with Gasteiger partial charge in [-0.05, 0) is 48.9 Å². The summed E-state index contributed by atoms with van der Waals surface area (Å²) < 4.78 is 27.7. The van der Waals surface area contributed by atoms with Gasteiger partial charge in [-0.15, -0.1) is 0 Å². The van der Waals surface area contributed by atoms with Gasteiger partial charge in [0.2, 0.25) is 5.91 Å². The number of hydrogen-bond donors (Lipinski definition) is 1. The van der Waals surface area contributed by atoms with Crippen LogP contribution in [-0.2, 0) is 14.8 Å². The first kappa shape index (κ1) is 18.9. The molecule has 0 spiro atoms. The van der Waals surface area contributed by atoms with Gasteiger partial charge < -0.3 is 9.80 Å². The zero-order chi connectivity index (χ0) is 19.6. The summed E-state index contributed by atoms with van der Waals surface area (Å²) >= 11 is 0. The fourth-order valence-electron chi connectivity index (χ4n) is 2.91. The summed E-state index contributed by atoms with van der Waals surface area (Å²) in [5.74, 6) is -0.165. The molecule has 1 N–H and O–H groups in total. The monoisotopic (exact) mass is 387 g/mol. The first-order valence-corrected chi connectivity index (χ1v) is 10.0. The van der Waals surface area contributed by atoms with E-state index in [0.29, 0.717) is 29.9 Å². The normalized spacial score (nSPS) is 14.3. The molecule has 1 heterocycles. The van der Waals surface area contributed by atoms with Crippen LogP contribution in [0.4, 0.5) is 11.4 Å². The molecule has 0 saturated carbocycles. The third kappa shape index (κ3) is 4.11. The van der Waals surface area contributed by atoms with Crippen LogP contribution in [0.25, 0.3) is 0 Å². The van der Waals surface area contributed by atoms with Crippen LogP contribution in [0.15, 0.2) is 53.4 Å². The standard InChI is InChI=1S/C19H21N3O4S/c1-21(2)19(24)14-5-3-6-15(13-14)20-27(25,26)17-10-8-16(9-11-17)22-12-4-7-18(22)23/h3,5-6,8-11,13,20H,4,7,12H2,1-2H3. The van der Waals surface area contributed by atoms with E-state index < -0.39 is 10.0 Å². The van der Waals surface area contributed by atoms with Gasteiger partial charge in [0.15, 0.2) is 0 Å². The van der Waals surface area contributed by atoms with Crippen LogP contribution in [0.5, 0.6) is 0 Å². The highest BCUT2D eigenvalue weighted by molar-refractivity contribution is 7.92. The minimum Gasteiger partial charge on any atom is -0.345 e. The molecule has 0 unspecified atom stereocenters. The smallest absolute Gasteiger partial charge is 0.261 e.